The summed E-state index contributed by atoms with van der Waals surface area (Å²) in [5, 5.41) is 0. The maximum atomic E-state index is 11.5. The number of carbonyl (C=O) groups excluding carboxylic acids is 1. The Bertz CT molecular complexity index is 735. The van der Waals surface area contributed by atoms with Crippen LogP contribution < -0.4 is 0 Å². The molecule has 0 radical (unpaired) electrons. The highest BCUT2D eigenvalue weighted by Gasteiger charge is 1.98. The molecule has 0 bridgehead atoms. The topological polar surface area (TPSA) is 26.3 Å². The van der Waals surface area contributed by atoms with E-state index < -0.39 is 0 Å². The van der Waals surface area contributed by atoms with E-state index in [1.807, 2.05) is 13.8 Å². The van der Waals surface area contributed by atoms with Crippen LogP contribution in [0.3, 0.4) is 0 Å². The summed E-state index contributed by atoms with van der Waals surface area (Å²) in [5.74, 6) is -0.265. The average molecular weight is 441 g/mol. The smallest absolute Gasteiger partial charge is 0.330 e. The molecule has 0 aliphatic carbocycles. The molecule has 0 unspecified atom stereocenters. The van der Waals surface area contributed by atoms with E-state index in [-0.39, 0.29) is 5.97 Å². The third kappa shape index (κ3) is 18.7. The van der Waals surface area contributed by atoms with E-state index in [0.29, 0.717) is 6.61 Å². The van der Waals surface area contributed by atoms with Crippen LogP contribution in [-0.2, 0) is 9.53 Å². The predicted octanol–water partition coefficient (Wildman–Crippen LogP) is 9.37. The molecule has 0 saturated heterocycles. The molecule has 2 nitrogen and oxygen atoms in total. The fourth-order valence-electron chi connectivity index (χ4n) is 3.41. The molecule has 0 heterocycles. The number of hydrogen-bond acceptors (Lipinski definition) is 2. The van der Waals surface area contributed by atoms with Gasteiger partial charge in [-0.15, -0.1) is 0 Å². The second-order valence-electron chi connectivity index (χ2n) is 9.22. The first kappa shape index (κ1) is 29.9. The van der Waals surface area contributed by atoms with Gasteiger partial charge in [0.15, 0.2) is 0 Å². The lowest BCUT2D eigenvalue weighted by Gasteiger charge is -2.03. The van der Waals surface area contributed by atoms with Crippen molar-refractivity contribution in [2.24, 2.45) is 0 Å². The van der Waals surface area contributed by atoms with Crippen molar-refractivity contribution in [1.82, 2.24) is 0 Å². The lowest BCUT2D eigenvalue weighted by Crippen LogP contribution is -1.99. The van der Waals surface area contributed by atoms with Crippen LogP contribution in [0.4, 0.5) is 0 Å². The van der Waals surface area contributed by atoms with E-state index >= 15 is 0 Å². The zero-order valence-electron chi connectivity index (χ0n) is 22.1. The van der Waals surface area contributed by atoms with Gasteiger partial charge in [-0.1, -0.05) is 58.2 Å². The summed E-state index contributed by atoms with van der Waals surface area (Å²) in [6, 6.07) is 0. The van der Waals surface area contributed by atoms with Gasteiger partial charge in [0.25, 0.3) is 0 Å². The van der Waals surface area contributed by atoms with Crippen LogP contribution in [0.2, 0.25) is 0 Å². The summed E-state index contributed by atoms with van der Waals surface area (Å²) in [6.45, 7) is 17.4. The molecule has 0 aromatic heterocycles. The van der Waals surface area contributed by atoms with Gasteiger partial charge in [-0.3, -0.25) is 0 Å². The minimum atomic E-state index is -0.265. The second kappa shape index (κ2) is 18.5. The Kier molecular flexibility index (Phi) is 17.3. The zero-order chi connectivity index (χ0) is 24.4. The van der Waals surface area contributed by atoms with Gasteiger partial charge in [-0.25, -0.2) is 4.79 Å². The molecule has 0 atom stereocenters. The molecule has 0 aliphatic heterocycles. The first-order valence-electron chi connectivity index (χ1n) is 12.3. The van der Waals surface area contributed by atoms with E-state index in [0.717, 1.165) is 50.5 Å². The van der Waals surface area contributed by atoms with Crippen LogP contribution in [0.1, 0.15) is 107 Å². The van der Waals surface area contributed by atoms with Gasteiger partial charge in [0.05, 0.1) is 6.61 Å². The molecular weight excluding hydrogens is 392 g/mol. The van der Waals surface area contributed by atoms with Gasteiger partial charge >= 0.3 is 5.97 Å². The quantitative estimate of drug-likeness (QED) is 0.110. The molecule has 0 aromatic carbocycles. The van der Waals surface area contributed by atoms with Crippen molar-refractivity contribution >= 4 is 5.97 Å². The Morgan fingerprint density at radius 2 is 1.00 bits per heavy atom. The number of allylic oxidation sites excluding steroid dienone is 11. The molecule has 32 heavy (non-hydrogen) atoms. The number of esters is 1. The van der Waals surface area contributed by atoms with Gasteiger partial charge in [-0.2, -0.15) is 0 Å². The van der Waals surface area contributed by atoms with Gasteiger partial charge < -0.3 is 4.74 Å². The first-order chi connectivity index (χ1) is 15.1. The summed E-state index contributed by atoms with van der Waals surface area (Å²) < 4.78 is 4.95. The Balaban J connectivity index is 4.26. The fourth-order valence-corrected chi connectivity index (χ4v) is 3.41. The molecule has 0 rings (SSSR count). The highest BCUT2D eigenvalue weighted by atomic mass is 16.5. The van der Waals surface area contributed by atoms with Crippen molar-refractivity contribution < 1.29 is 9.53 Å². The van der Waals surface area contributed by atoms with Crippen molar-refractivity contribution in [1.29, 1.82) is 0 Å². The van der Waals surface area contributed by atoms with Gasteiger partial charge in [0.1, 0.15) is 0 Å². The van der Waals surface area contributed by atoms with E-state index in [1.54, 1.807) is 6.08 Å². The number of carbonyl (C=O) groups is 1. The summed E-state index contributed by atoms with van der Waals surface area (Å²) >= 11 is 0. The van der Waals surface area contributed by atoms with Crippen molar-refractivity contribution in [2.75, 3.05) is 6.61 Å². The Morgan fingerprint density at radius 1 is 0.594 bits per heavy atom. The molecule has 0 aromatic rings. The van der Waals surface area contributed by atoms with Crippen molar-refractivity contribution in [3.05, 3.63) is 69.9 Å². The van der Waals surface area contributed by atoms with Gasteiger partial charge in [0.2, 0.25) is 0 Å². The van der Waals surface area contributed by atoms with E-state index in [2.05, 4.69) is 71.9 Å². The molecule has 0 spiro atoms. The minimum Gasteiger partial charge on any atom is -0.463 e. The summed E-state index contributed by atoms with van der Waals surface area (Å²) in [4.78, 5) is 11.5. The maximum absolute atomic E-state index is 11.5. The average Bonchev–Trinajstić information content (AvgIpc) is 2.67. The molecule has 0 amide bonds. The maximum Gasteiger partial charge on any atom is 0.330 e. The largest absolute Gasteiger partial charge is 0.463 e. The lowest BCUT2D eigenvalue weighted by atomic mass is 10.0. The van der Waals surface area contributed by atoms with E-state index in [1.165, 1.54) is 34.3 Å². The van der Waals surface area contributed by atoms with Crippen LogP contribution in [0.25, 0.3) is 0 Å². The van der Waals surface area contributed by atoms with Crippen LogP contribution in [0, 0.1) is 0 Å². The number of ether oxygens (including phenoxy) is 1. The molecule has 0 saturated carbocycles. The molecule has 180 valence electrons. The predicted molar refractivity (Wildman–Crippen MR) is 142 cm³/mol. The third-order valence-electron chi connectivity index (χ3n) is 5.29. The monoisotopic (exact) mass is 440 g/mol. The molecule has 0 N–H and O–H groups in total. The fraction of sp³-hybridized carbons (Fsp3) is 0.567. The Morgan fingerprint density at radius 3 is 1.41 bits per heavy atom. The van der Waals surface area contributed by atoms with E-state index in [4.69, 9.17) is 4.74 Å². The van der Waals surface area contributed by atoms with Crippen molar-refractivity contribution in [2.45, 2.75) is 107 Å². The number of hydrogen-bond donors (Lipinski definition) is 0. The summed E-state index contributed by atoms with van der Waals surface area (Å²) in [6.07, 6.45) is 22.0. The first-order valence-corrected chi connectivity index (χ1v) is 12.3. The van der Waals surface area contributed by atoms with Crippen molar-refractivity contribution in [3.8, 4) is 0 Å². The van der Waals surface area contributed by atoms with Crippen LogP contribution in [0.5, 0.6) is 0 Å². The SMILES string of the molecule is CCOC(=O)C=C(C)C=C(C)CCC=C(C)CCC=C(C)CCC=C(C)CCC=C(C)C. The molecule has 2 heteroatoms. The molecular formula is C30H48O2. The second-order valence-corrected chi connectivity index (χ2v) is 9.22. The van der Waals surface area contributed by atoms with Crippen molar-refractivity contribution in [3.63, 3.8) is 0 Å². The normalized spacial score (nSPS) is 13.9. The minimum absolute atomic E-state index is 0.265. The Hall–Kier alpha value is -2.09. The Labute approximate surface area is 198 Å². The van der Waals surface area contributed by atoms with Crippen LogP contribution >= 0.6 is 0 Å². The molecule has 0 fully saturated rings. The highest BCUT2D eigenvalue weighted by molar-refractivity contribution is 5.83. The van der Waals surface area contributed by atoms with Crippen LogP contribution in [-0.4, -0.2) is 12.6 Å². The number of rotatable bonds is 15. The lowest BCUT2D eigenvalue weighted by molar-refractivity contribution is -0.137. The van der Waals surface area contributed by atoms with E-state index in [9.17, 15) is 4.79 Å². The third-order valence-corrected chi connectivity index (χ3v) is 5.29. The summed E-state index contributed by atoms with van der Waals surface area (Å²) in [5.41, 5.74) is 8.09. The van der Waals surface area contributed by atoms with Gasteiger partial charge in [-0.05, 0) is 112 Å². The van der Waals surface area contributed by atoms with Crippen LogP contribution in [0.15, 0.2) is 69.9 Å². The standard InChI is InChI=1S/C30H48O2/c1-9-32-30(31)23-29(8)22-28(7)21-13-20-27(6)19-12-18-26(5)17-11-16-25(4)15-10-14-24(2)3/h14,16,18,20,22-23H,9-13,15,17,19,21H2,1-8H3. The zero-order valence-corrected chi connectivity index (χ0v) is 22.1. The highest BCUT2D eigenvalue weighted by Crippen LogP contribution is 2.15. The summed E-state index contributed by atoms with van der Waals surface area (Å²) in [7, 11) is 0. The van der Waals surface area contributed by atoms with Gasteiger partial charge in [0, 0.05) is 6.08 Å². The molecule has 0 aliphatic rings.